The molecule has 8 nitrogen and oxygen atoms in total. The first-order valence-corrected chi connectivity index (χ1v) is 10.6. The third-order valence-electron chi connectivity index (χ3n) is 5.05. The van der Waals surface area contributed by atoms with Gasteiger partial charge in [0.05, 0.1) is 18.8 Å². The lowest BCUT2D eigenvalue weighted by molar-refractivity contribution is 0.0953. The molecule has 0 aliphatic carbocycles. The number of aromatic nitrogens is 2. The Bertz CT molecular complexity index is 1110. The predicted molar refractivity (Wildman–Crippen MR) is 113 cm³/mol. The molecule has 3 heterocycles. The van der Waals surface area contributed by atoms with Gasteiger partial charge >= 0.3 is 6.03 Å². The fraction of sp³-hybridized carbons (Fsp3) is 0.333. The highest BCUT2D eigenvalue weighted by molar-refractivity contribution is 7.17. The number of carbonyl (C=O) groups excluding carboxylic acids is 2. The lowest BCUT2D eigenvalue weighted by Crippen LogP contribution is -2.33. The summed E-state index contributed by atoms with van der Waals surface area (Å²) < 4.78 is 18.2. The Labute approximate surface area is 182 Å². The van der Waals surface area contributed by atoms with E-state index in [9.17, 15) is 14.0 Å². The molecular formula is C21H22FN5O3S. The summed E-state index contributed by atoms with van der Waals surface area (Å²) in [5, 5.41) is 7.15. The van der Waals surface area contributed by atoms with Crippen molar-refractivity contribution in [2.45, 2.75) is 39.9 Å². The standard InChI is InChI=1S/C21H22FN5O3S/c1-12-10-27(21(29)26(12)11-15-4-6-16(22)7-5-15)20-24-14(3)18(31-20)19(28)23-9-17-8-13(2)30-25-17/h4-8,12H,9-11H2,1-3H3,(H,23,28)/t12-/m1/s1. The maximum Gasteiger partial charge on any atom is 0.326 e. The molecule has 0 radical (unpaired) electrons. The van der Waals surface area contributed by atoms with Crippen LogP contribution in [-0.2, 0) is 13.1 Å². The van der Waals surface area contributed by atoms with Gasteiger partial charge < -0.3 is 14.7 Å². The third kappa shape index (κ3) is 4.43. The zero-order chi connectivity index (χ0) is 22.1. The SMILES string of the molecule is Cc1cc(CNC(=O)c2sc(N3C[C@@H](C)N(Cc4ccc(F)cc4)C3=O)nc2C)no1. The van der Waals surface area contributed by atoms with Gasteiger partial charge in [0, 0.05) is 18.7 Å². The molecule has 2 aromatic heterocycles. The Morgan fingerprint density at radius 3 is 2.74 bits per heavy atom. The van der Waals surface area contributed by atoms with Gasteiger partial charge in [0.1, 0.15) is 22.1 Å². The minimum Gasteiger partial charge on any atom is -0.361 e. The molecule has 1 atom stereocenters. The Morgan fingerprint density at radius 1 is 1.32 bits per heavy atom. The second-order valence-electron chi connectivity index (χ2n) is 7.52. The van der Waals surface area contributed by atoms with Crippen LogP contribution in [0, 0.1) is 19.7 Å². The highest BCUT2D eigenvalue weighted by atomic mass is 32.1. The number of amides is 3. The largest absolute Gasteiger partial charge is 0.361 e. The summed E-state index contributed by atoms with van der Waals surface area (Å²) in [7, 11) is 0. The Hall–Kier alpha value is -3.27. The first-order chi connectivity index (χ1) is 14.8. The lowest BCUT2D eigenvalue weighted by Gasteiger charge is -2.20. The average Bonchev–Trinajstić information content (AvgIpc) is 3.41. The van der Waals surface area contributed by atoms with E-state index in [2.05, 4.69) is 15.5 Å². The van der Waals surface area contributed by atoms with Gasteiger partial charge in [-0.05, 0) is 38.5 Å². The molecule has 1 fully saturated rings. The molecule has 162 valence electrons. The van der Waals surface area contributed by atoms with Crippen molar-refractivity contribution >= 4 is 28.4 Å². The monoisotopic (exact) mass is 443 g/mol. The number of benzene rings is 1. The number of anilines is 1. The molecule has 1 aliphatic heterocycles. The summed E-state index contributed by atoms with van der Waals surface area (Å²) in [6, 6.07) is 7.63. The van der Waals surface area contributed by atoms with E-state index in [1.807, 2.05) is 6.92 Å². The zero-order valence-corrected chi connectivity index (χ0v) is 18.2. The number of nitrogens with zero attached hydrogens (tertiary/aromatic N) is 4. The number of nitrogens with one attached hydrogen (secondary N) is 1. The lowest BCUT2D eigenvalue weighted by atomic mass is 10.2. The molecule has 1 saturated heterocycles. The second-order valence-corrected chi connectivity index (χ2v) is 8.50. The van der Waals surface area contributed by atoms with Gasteiger partial charge in [0.15, 0.2) is 5.13 Å². The summed E-state index contributed by atoms with van der Waals surface area (Å²) in [5.74, 6) is 0.0889. The average molecular weight is 444 g/mol. The van der Waals surface area contributed by atoms with Crippen LogP contribution in [0.1, 0.15) is 39.3 Å². The quantitative estimate of drug-likeness (QED) is 0.628. The predicted octanol–water partition coefficient (Wildman–Crippen LogP) is 3.65. The van der Waals surface area contributed by atoms with Gasteiger partial charge in [0.2, 0.25) is 0 Å². The molecule has 1 aliphatic rings. The normalized spacial score (nSPS) is 16.3. The molecule has 1 N–H and O–H groups in total. The van der Waals surface area contributed by atoms with Gasteiger partial charge in [0.25, 0.3) is 5.91 Å². The number of halogens is 1. The first-order valence-electron chi connectivity index (χ1n) is 9.82. The van der Waals surface area contributed by atoms with E-state index < -0.39 is 0 Å². The van der Waals surface area contributed by atoms with E-state index in [1.54, 1.807) is 41.8 Å². The van der Waals surface area contributed by atoms with Gasteiger partial charge in [-0.2, -0.15) is 0 Å². The molecular weight excluding hydrogens is 421 g/mol. The Morgan fingerprint density at radius 2 is 2.06 bits per heavy atom. The van der Waals surface area contributed by atoms with Crippen molar-refractivity contribution in [3.05, 3.63) is 63.7 Å². The number of urea groups is 1. The molecule has 0 unspecified atom stereocenters. The van der Waals surface area contributed by atoms with Crippen LogP contribution in [0.4, 0.5) is 14.3 Å². The number of aryl methyl sites for hydroxylation is 2. The van der Waals surface area contributed by atoms with Gasteiger partial charge in [-0.15, -0.1) is 0 Å². The smallest absolute Gasteiger partial charge is 0.326 e. The molecule has 1 aromatic carbocycles. The minimum atomic E-state index is -0.311. The van der Waals surface area contributed by atoms with Crippen LogP contribution in [0.3, 0.4) is 0 Å². The van der Waals surface area contributed by atoms with Crippen molar-refractivity contribution < 1.29 is 18.5 Å². The summed E-state index contributed by atoms with van der Waals surface area (Å²) in [6.07, 6.45) is 0. The fourth-order valence-electron chi connectivity index (χ4n) is 3.42. The molecule has 3 amide bonds. The van der Waals surface area contributed by atoms with E-state index in [4.69, 9.17) is 4.52 Å². The second kappa shape index (κ2) is 8.46. The van der Waals surface area contributed by atoms with E-state index in [0.29, 0.717) is 40.2 Å². The number of rotatable bonds is 6. The Balaban J connectivity index is 1.45. The zero-order valence-electron chi connectivity index (χ0n) is 17.4. The summed E-state index contributed by atoms with van der Waals surface area (Å²) >= 11 is 1.18. The van der Waals surface area contributed by atoms with Gasteiger partial charge in [-0.3, -0.25) is 9.69 Å². The molecule has 4 rings (SSSR count). The molecule has 10 heteroatoms. The molecule has 0 bridgehead atoms. The molecule has 0 saturated carbocycles. The number of carbonyl (C=O) groups is 2. The van der Waals surface area contributed by atoms with Gasteiger partial charge in [-0.1, -0.05) is 28.6 Å². The van der Waals surface area contributed by atoms with Crippen LogP contribution in [0.2, 0.25) is 0 Å². The van der Waals surface area contributed by atoms with Crippen LogP contribution in [-0.4, -0.2) is 39.6 Å². The number of hydrogen-bond donors (Lipinski definition) is 1. The molecule has 0 spiro atoms. The number of hydrogen-bond acceptors (Lipinski definition) is 6. The topological polar surface area (TPSA) is 91.6 Å². The Kier molecular flexibility index (Phi) is 5.73. The third-order valence-corrected chi connectivity index (χ3v) is 6.23. The van der Waals surface area contributed by atoms with E-state index in [1.165, 1.54) is 23.5 Å². The van der Waals surface area contributed by atoms with Crippen LogP contribution < -0.4 is 10.2 Å². The van der Waals surface area contributed by atoms with Crippen LogP contribution in [0.15, 0.2) is 34.9 Å². The van der Waals surface area contributed by atoms with Crippen molar-refractivity contribution in [3.8, 4) is 0 Å². The summed E-state index contributed by atoms with van der Waals surface area (Å²) in [5.41, 5.74) is 2.04. The van der Waals surface area contributed by atoms with Crippen molar-refractivity contribution in [3.63, 3.8) is 0 Å². The number of thiazole rings is 1. The van der Waals surface area contributed by atoms with E-state index in [0.717, 1.165) is 5.56 Å². The van der Waals surface area contributed by atoms with Crippen molar-refractivity contribution in [1.82, 2.24) is 20.4 Å². The minimum absolute atomic E-state index is 0.0468. The maximum atomic E-state index is 13.2. The highest BCUT2D eigenvalue weighted by Gasteiger charge is 2.37. The first kappa shape index (κ1) is 21.0. The van der Waals surface area contributed by atoms with Crippen molar-refractivity contribution in [2.24, 2.45) is 0 Å². The maximum absolute atomic E-state index is 13.2. The summed E-state index contributed by atoms with van der Waals surface area (Å²) in [4.78, 5) is 33.8. The van der Waals surface area contributed by atoms with Crippen LogP contribution in [0.25, 0.3) is 0 Å². The van der Waals surface area contributed by atoms with Crippen molar-refractivity contribution in [2.75, 3.05) is 11.4 Å². The fourth-order valence-corrected chi connectivity index (χ4v) is 4.40. The van der Waals surface area contributed by atoms with E-state index >= 15 is 0 Å². The van der Waals surface area contributed by atoms with Crippen LogP contribution >= 0.6 is 11.3 Å². The van der Waals surface area contributed by atoms with Crippen molar-refractivity contribution in [1.29, 1.82) is 0 Å². The molecule has 31 heavy (non-hydrogen) atoms. The van der Waals surface area contributed by atoms with Crippen LogP contribution in [0.5, 0.6) is 0 Å². The summed E-state index contributed by atoms with van der Waals surface area (Å²) in [6.45, 7) is 6.57. The van der Waals surface area contributed by atoms with Gasteiger partial charge in [-0.25, -0.2) is 14.2 Å². The molecule has 3 aromatic rings. The highest BCUT2D eigenvalue weighted by Crippen LogP contribution is 2.31. The van der Waals surface area contributed by atoms with E-state index in [-0.39, 0.29) is 30.3 Å².